The topological polar surface area (TPSA) is 29.9 Å². The van der Waals surface area contributed by atoms with Crippen LogP contribution in [-0.2, 0) is 13.0 Å². The molecule has 1 N–H and O–H groups in total. The van der Waals surface area contributed by atoms with Gasteiger partial charge >= 0.3 is 0 Å². The highest BCUT2D eigenvalue weighted by atomic mass is 79.9. The van der Waals surface area contributed by atoms with Crippen molar-refractivity contribution in [1.29, 1.82) is 0 Å². The molecule has 0 spiro atoms. The number of aryl methyl sites for hydroxylation is 2. The second kappa shape index (κ2) is 9.03. The lowest BCUT2D eigenvalue weighted by Crippen LogP contribution is -2.33. The number of hydrogen-bond donors (Lipinski definition) is 1. The van der Waals surface area contributed by atoms with Gasteiger partial charge in [-0.1, -0.05) is 6.92 Å². The fourth-order valence-electron chi connectivity index (χ4n) is 2.18. The molecule has 5 heteroatoms. The maximum atomic E-state index is 4.58. The van der Waals surface area contributed by atoms with Crippen LogP contribution in [0.25, 0.3) is 0 Å². The third-order valence-corrected chi connectivity index (χ3v) is 4.92. The summed E-state index contributed by atoms with van der Waals surface area (Å²) < 4.78 is 3.31. The predicted molar refractivity (Wildman–Crippen MR) is 89.1 cm³/mol. The van der Waals surface area contributed by atoms with Crippen molar-refractivity contribution < 1.29 is 0 Å². The zero-order valence-electron chi connectivity index (χ0n) is 12.5. The summed E-state index contributed by atoms with van der Waals surface area (Å²) in [6.45, 7) is 8.46. The Hall–Kier alpha value is 0. The van der Waals surface area contributed by atoms with Crippen molar-refractivity contribution in [3.8, 4) is 0 Å². The summed E-state index contributed by atoms with van der Waals surface area (Å²) in [5, 5.41) is 8.24. The number of hydrogen-bond acceptors (Lipinski definition) is 3. The lowest BCUT2D eigenvalue weighted by atomic mass is 10.1. The minimum absolute atomic E-state index is 0.546. The number of thioether (sulfide) groups is 1. The molecule has 0 aliphatic rings. The van der Waals surface area contributed by atoms with E-state index in [1.807, 2.05) is 11.8 Å². The summed E-state index contributed by atoms with van der Waals surface area (Å²) in [5.41, 5.74) is 2.42. The Bertz CT molecular complexity index is 371. The molecule has 110 valence electrons. The molecule has 1 unspecified atom stereocenters. The molecule has 0 radical (unpaired) electrons. The van der Waals surface area contributed by atoms with Crippen LogP contribution in [0.4, 0.5) is 0 Å². The van der Waals surface area contributed by atoms with Gasteiger partial charge in [0.15, 0.2) is 0 Å². The van der Waals surface area contributed by atoms with Crippen LogP contribution in [0.2, 0.25) is 0 Å². The van der Waals surface area contributed by atoms with Gasteiger partial charge in [-0.2, -0.15) is 16.9 Å². The molecule has 1 aromatic heterocycles. The molecule has 0 aliphatic carbocycles. The van der Waals surface area contributed by atoms with Gasteiger partial charge in [-0.15, -0.1) is 0 Å². The van der Waals surface area contributed by atoms with Gasteiger partial charge in [0.1, 0.15) is 0 Å². The monoisotopic (exact) mass is 347 g/mol. The summed E-state index contributed by atoms with van der Waals surface area (Å²) in [7, 11) is 0. The quantitative estimate of drug-likeness (QED) is 0.739. The summed E-state index contributed by atoms with van der Waals surface area (Å²) in [6.07, 6.45) is 5.62. The van der Waals surface area contributed by atoms with Crippen molar-refractivity contribution in [2.45, 2.75) is 52.6 Å². The Morgan fingerprint density at radius 2 is 2.16 bits per heavy atom. The third kappa shape index (κ3) is 5.12. The van der Waals surface area contributed by atoms with E-state index < -0.39 is 0 Å². The third-order valence-electron chi connectivity index (χ3n) is 3.25. The molecular weight excluding hydrogens is 322 g/mol. The van der Waals surface area contributed by atoms with Gasteiger partial charge in [0.2, 0.25) is 0 Å². The normalized spacial score (nSPS) is 12.9. The van der Waals surface area contributed by atoms with E-state index in [2.05, 4.69) is 58.1 Å². The lowest BCUT2D eigenvalue weighted by Gasteiger charge is -2.19. The van der Waals surface area contributed by atoms with Crippen LogP contribution in [0.3, 0.4) is 0 Å². The maximum absolute atomic E-state index is 4.58. The lowest BCUT2D eigenvalue weighted by molar-refractivity contribution is 0.476. The van der Waals surface area contributed by atoms with Gasteiger partial charge < -0.3 is 5.32 Å². The Balaban J connectivity index is 2.76. The molecule has 3 nitrogen and oxygen atoms in total. The number of nitrogens with zero attached hydrogens (tertiary/aromatic N) is 2. The van der Waals surface area contributed by atoms with Crippen molar-refractivity contribution in [1.82, 2.24) is 15.1 Å². The Labute approximate surface area is 130 Å². The molecule has 0 aromatic carbocycles. The molecule has 0 fully saturated rings. The zero-order valence-corrected chi connectivity index (χ0v) is 14.9. The van der Waals surface area contributed by atoms with Gasteiger partial charge in [-0.25, -0.2) is 0 Å². The number of halogens is 1. The Morgan fingerprint density at radius 3 is 2.74 bits per heavy atom. The molecule has 0 aliphatic heterocycles. The van der Waals surface area contributed by atoms with Crippen LogP contribution in [0, 0.1) is 6.92 Å². The molecule has 1 heterocycles. The number of aromatic nitrogens is 2. The largest absolute Gasteiger partial charge is 0.314 e. The highest BCUT2D eigenvalue weighted by Gasteiger charge is 2.17. The predicted octanol–water partition coefficient (Wildman–Crippen LogP) is 3.64. The van der Waals surface area contributed by atoms with Crippen LogP contribution in [0.5, 0.6) is 0 Å². The van der Waals surface area contributed by atoms with Crippen molar-refractivity contribution in [3.05, 3.63) is 15.9 Å². The summed E-state index contributed by atoms with van der Waals surface area (Å²) in [5.74, 6) is 1.21. The highest BCUT2D eigenvalue weighted by molar-refractivity contribution is 9.10. The van der Waals surface area contributed by atoms with Gasteiger partial charge in [0.25, 0.3) is 0 Å². The van der Waals surface area contributed by atoms with Crippen molar-refractivity contribution in [2.24, 2.45) is 0 Å². The van der Waals surface area contributed by atoms with E-state index in [4.69, 9.17) is 0 Å². The van der Waals surface area contributed by atoms with Crippen LogP contribution >= 0.6 is 27.7 Å². The molecule has 19 heavy (non-hydrogen) atoms. The zero-order chi connectivity index (χ0) is 14.3. The maximum Gasteiger partial charge on any atom is 0.0738 e. The summed E-state index contributed by atoms with van der Waals surface area (Å²) in [6, 6.07) is 0.546. The fraction of sp³-hybridized carbons (Fsp3) is 0.786. The molecule has 0 amide bonds. The average Bonchev–Trinajstić information content (AvgIpc) is 2.69. The van der Waals surface area contributed by atoms with Crippen molar-refractivity contribution in [3.63, 3.8) is 0 Å². The molecule has 1 rings (SSSR count). The fourth-order valence-corrected chi connectivity index (χ4v) is 3.15. The van der Waals surface area contributed by atoms with Gasteiger partial charge in [0.05, 0.1) is 15.9 Å². The van der Waals surface area contributed by atoms with Crippen molar-refractivity contribution in [2.75, 3.05) is 18.6 Å². The van der Waals surface area contributed by atoms with E-state index in [0.29, 0.717) is 6.04 Å². The number of rotatable bonds is 9. The second-order valence-corrected chi connectivity index (χ2v) is 6.58. The van der Waals surface area contributed by atoms with E-state index in [1.165, 1.54) is 28.8 Å². The second-order valence-electron chi connectivity index (χ2n) is 4.80. The van der Waals surface area contributed by atoms with Gasteiger partial charge in [-0.05, 0) is 61.2 Å². The van der Waals surface area contributed by atoms with Gasteiger partial charge in [-0.3, -0.25) is 4.68 Å². The summed E-state index contributed by atoms with van der Waals surface area (Å²) in [4.78, 5) is 0. The van der Waals surface area contributed by atoms with Gasteiger partial charge in [0, 0.05) is 19.0 Å². The average molecular weight is 348 g/mol. The molecule has 0 saturated carbocycles. The first-order valence-electron chi connectivity index (χ1n) is 7.08. The molecule has 0 bridgehead atoms. The minimum Gasteiger partial charge on any atom is -0.314 e. The standard InChI is InChI=1S/C14H26BrN3S/c1-5-8-16-12(7-9-19-4)10-13-14(15)11(3)17-18(13)6-2/h12,16H,5-10H2,1-4H3. The smallest absolute Gasteiger partial charge is 0.0738 e. The first-order chi connectivity index (χ1) is 9.13. The van der Waals surface area contributed by atoms with Crippen LogP contribution in [0.1, 0.15) is 38.1 Å². The van der Waals surface area contributed by atoms with Crippen LogP contribution in [0.15, 0.2) is 4.47 Å². The highest BCUT2D eigenvalue weighted by Crippen LogP contribution is 2.23. The van der Waals surface area contributed by atoms with E-state index in [0.717, 1.165) is 25.2 Å². The van der Waals surface area contributed by atoms with Crippen molar-refractivity contribution >= 4 is 27.7 Å². The Morgan fingerprint density at radius 1 is 1.42 bits per heavy atom. The molecule has 1 atom stereocenters. The first kappa shape index (κ1) is 17.1. The molecule has 1 aromatic rings. The van der Waals surface area contributed by atoms with E-state index >= 15 is 0 Å². The van der Waals surface area contributed by atoms with E-state index in [1.54, 1.807) is 0 Å². The molecular formula is C14H26BrN3S. The first-order valence-corrected chi connectivity index (χ1v) is 9.26. The Kier molecular flexibility index (Phi) is 8.11. The van der Waals surface area contributed by atoms with Crippen LogP contribution < -0.4 is 5.32 Å². The minimum atomic E-state index is 0.546. The van der Waals surface area contributed by atoms with Crippen LogP contribution in [-0.4, -0.2) is 34.4 Å². The molecule has 0 saturated heterocycles. The van der Waals surface area contributed by atoms with E-state index in [9.17, 15) is 0 Å². The van der Waals surface area contributed by atoms with E-state index in [-0.39, 0.29) is 0 Å². The number of nitrogens with one attached hydrogen (secondary N) is 1. The summed E-state index contributed by atoms with van der Waals surface area (Å²) >= 11 is 5.61. The SMILES string of the molecule is CCCNC(CCSC)Cc1c(Br)c(C)nn1CC.